The van der Waals surface area contributed by atoms with Crippen molar-refractivity contribution in [2.45, 2.75) is 6.92 Å². The molecule has 0 bridgehead atoms. The topological polar surface area (TPSA) is 9.23 Å². The average Bonchev–Trinajstić information content (AvgIpc) is 2.06. The fourth-order valence-corrected chi connectivity index (χ4v) is 1.07. The van der Waals surface area contributed by atoms with Gasteiger partial charge in [0.2, 0.25) is 0 Å². The summed E-state index contributed by atoms with van der Waals surface area (Å²) in [5.74, 6) is 0.962. The van der Waals surface area contributed by atoms with E-state index in [0.29, 0.717) is 0 Å². The van der Waals surface area contributed by atoms with Crippen LogP contribution in [0.3, 0.4) is 0 Å². The standard InChI is InChI=1S/C12H20NO/c1-11-5-7-12(8-6-11)14-10-9-13(2,3)4/h5-8H,9-10H2,1-4H3/q+1. The molecule has 1 aromatic rings. The van der Waals surface area contributed by atoms with Crippen molar-refractivity contribution in [3.63, 3.8) is 0 Å². The second-order valence-corrected chi connectivity index (χ2v) is 4.68. The Hall–Kier alpha value is -1.02. The molecule has 0 radical (unpaired) electrons. The molecule has 0 aromatic heterocycles. The molecule has 0 fully saturated rings. The van der Waals surface area contributed by atoms with E-state index >= 15 is 0 Å². The zero-order chi connectivity index (χ0) is 10.6. The maximum Gasteiger partial charge on any atom is 0.137 e. The minimum absolute atomic E-state index is 0.770. The van der Waals surface area contributed by atoms with E-state index in [4.69, 9.17) is 4.74 Å². The summed E-state index contributed by atoms with van der Waals surface area (Å²) < 4.78 is 6.56. The van der Waals surface area contributed by atoms with Crippen molar-refractivity contribution < 1.29 is 9.22 Å². The number of aryl methyl sites for hydroxylation is 1. The predicted molar refractivity (Wildman–Crippen MR) is 59.6 cm³/mol. The van der Waals surface area contributed by atoms with E-state index in [9.17, 15) is 0 Å². The Labute approximate surface area is 86.7 Å². The molecule has 0 unspecified atom stereocenters. The van der Waals surface area contributed by atoms with Gasteiger partial charge in [0.05, 0.1) is 21.1 Å². The average molecular weight is 194 g/mol. The van der Waals surface area contributed by atoms with Gasteiger partial charge in [-0.25, -0.2) is 0 Å². The highest BCUT2D eigenvalue weighted by molar-refractivity contribution is 5.26. The van der Waals surface area contributed by atoms with E-state index in [0.717, 1.165) is 23.4 Å². The molecule has 0 amide bonds. The van der Waals surface area contributed by atoms with E-state index in [1.165, 1.54) is 5.56 Å². The molecule has 1 aromatic carbocycles. The van der Waals surface area contributed by atoms with Gasteiger partial charge in [-0.15, -0.1) is 0 Å². The fraction of sp³-hybridized carbons (Fsp3) is 0.500. The van der Waals surface area contributed by atoms with Crippen LogP contribution >= 0.6 is 0 Å². The Morgan fingerprint density at radius 3 is 2.14 bits per heavy atom. The minimum Gasteiger partial charge on any atom is -0.488 e. The SMILES string of the molecule is Cc1ccc(OCC[N+](C)(C)C)cc1. The van der Waals surface area contributed by atoms with Gasteiger partial charge in [0.15, 0.2) is 0 Å². The molecule has 0 N–H and O–H groups in total. The molecule has 1 rings (SSSR count). The summed E-state index contributed by atoms with van der Waals surface area (Å²) in [4.78, 5) is 0. The fourth-order valence-electron chi connectivity index (χ4n) is 1.07. The first-order valence-corrected chi connectivity index (χ1v) is 4.97. The van der Waals surface area contributed by atoms with E-state index in [1.807, 2.05) is 12.1 Å². The maximum atomic E-state index is 5.62. The molecule has 0 heterocycles. The summed E-state index contributed by atoms with van der Waals surface area (Å²) in [5.41, 5.74) is 1.27. The Morgan fingerprint density at radius 1 is 1.07 bits per heavy atom. The molecular weight excluding hydrogens is 174 g/mol. The van der Waals surface area contributed by atoms with Gasteiger partial charge >= 0.3 is 0 Å². The molecule has 0 saturated heterocycles. The van der Waals surface area contributed by atoms with Crippen molar-refractivity contribution in [3.8, 4) is 5.75 Å². The van der Waals surface area contributed by atoms with Crippen LogP contribution in [0.5, 0.6) is 5.75 Å². The third kappa shape index (κ3) is 4.28. The number of nitrogens with zero attached hydrogens (tertiary/aromatic N) is 1. The minimum atomic E-state index is 0.770. The van der Waals surface area contributed by atoms with Crippen molar-refractivity contribution in [1.29, 1.82) is 0 Å². The molecule has 2 heteroatoms. The zero-order valence-electron chi connectivity index (χ0n) is 9.58. The number of hydrogen-bond acceptors (Lipinski definition) is 1. The molecular formula is C12H20NO+. The molecule has 0 aliphatic heterocycles. The number of likely N-dealkylation sites (N-methyl/N-ethyl adjacent to an activating group) is 1. The van der Waals surface area contributed by atoms with Crippen LogP contribution in [-0.2, 0) is 0 Å². The van der Waals surface area contributed by atoms with Crippen LogP contribution in [0.1, 0.15) is 5.56 Å². The number of hydrogen-bond donors (Lipinski definition) is 0. The number of quaternary nitrogens is 1. The van der Waals surface area contributed by atoms with Gasteiger partial charge in [-0.2, -0.15) is 0 Å². The smallest absolute Gasteiger partial charge is 0.137 e. The van der Waals surface area contributed by atoms with Gasteiger partial charge in [-0.05, 0) is 19.1 Å². The Morgan fingerprint density at radius 2 is 1.64 bits per heavy atom. The summed E-state index contributed by atoms with van der Waals surface area (Å²) in [6.07, 6.45) is 0. The third-order valence-electron chi connectivity index (χ3n) is 2.05. The van der Waals surface area contributed by atoms with Gasteiger partial charge in [-0.1, -0.05) is 17.7 Å². The lowest BCUT2D eigenvalue weighted by atomic mass is 10.2. The highest BCUT2D eigenvalue weighted by Gasteiger charge is 2.06. The predicted octanol–water partition coefficient (Wildman–Crippen LogP) is 2.08. The molecule has 2 nitrogen and oxygen atoms in total. The van der Waals surface area contributed by atoms with E-state index < -0.39 is 0 Å². The van der Waals surface area contributed by atoms with Crippen molar-refractivity contribution in [2.24, 2.45) is 0 Å². The van der Waals surface area contributed by atoms with E-state index in [-0.39, 0.29) is 0 Å². The molecule has 0 spiro atoms. The van der Waals surface area contributed by atoms with Gasteiger partial charge in [-0.3, -0.25) is 0 Å². The highest BCUT2D eigenvalue weighted by Crippen LogP contribution is 2.11. The Balaban J connectivity index is 2.35. The van der Waals surface area contributed by atoms with Crippen LogP contribution in [0.15, 0.2) is 24.3 Å². The summed E-state index contributed by atoms with van der Waals surface area (Å²) in [6, 6.07) is 8.18. The molecule has 0 aliphatic carbocycles. The third-order valence-corrected chi connectivity index (χ3v) is 2.05. The first-order valence-electron chi connectivity index (χ1n) is 4.97. The molecule has 0 aliphatic rings. The van der Waals surface area contributed by atoms with Gasteiger partial charge in [0.25, 0.3) is 0 Å². The number of benzene rings is 1. The highest BCUT2D eigenvalue weighted by atomic mass is 16.5. The van der Waals surface area contributed by atoms with Crippen LogP contribution in [-0.4, -0.2) is 38.8 Å². The van der Waals surface area contributed by atoms with Crippen LogP contribution in [0.4, 0.5) is 0 Å². The van der Waals surface area contributed by atoms with Gasteiger partial charge < -0.3 is 9.22 Å². The second kappa shape index (κ2) is 4.47. The summed E-state index contributed by atoms with van der Waals surface area (Å²) in [7, 11) is 6.50. The normalized spacial score (nSPS) is 11.4. The van der Waals surface area contributed by atoms with Crippen LogP contribution in [0.25, 0.3) is 0 Å². The van der Waals surface area contributed by atoms with Crippen LogP contribution in [0.2, 0.25) is 0 Å². The van der Waals surface area contributed by atoms with Crippen molar-refractivity contribution in [2.75, 3.05) is 34.3 Å². The zero-order valence-corrected chi connectivity index (χ0v) is 9.58. The summed E-state index contributed by atoms with van der Waals surface area (Å²) >= 11 is 0. The first kappa shape index (κ1) is 11.1. The monoisotopic (exact) mass is 194 g/mol. The second-order valence-electron chi connectivity index (χ2n) is 4.68. The molecule has 78 valence electrons. The lowest BCUT2D eigenvalue weighted by molar-refractivity contribution is -0.870. The van der Waals surface area contributed by atoms with Crippen molar-refractivity contribution >= 4 is 0 Å². The number of ether oxygens (including phenoxy) is 1. The van der Waals surface area contributed by atoms with Crippen LogP contribution < -0.4 is 4.74 Å². The number of rotatable bonds is 4. The van der Waals surface area contributed by atoms with E-state index in [2.05, 4.69) is 40.2 Å². The maximum absolute atomic E-state index is 5.62. The van der Waals surface area contributed by atoms with Crippen molar-refractivity contribution in [3.05, 3.63) is 29.8 Å². The lowest BCUT2D eigenvalue weighted by Crippen LogP contribution is -2.38. The largest absolute Gasteiger partial charge is 0.488 e. The molecule has 0 saturated carbocycles. The Bertz CT molecular complexity index is 271. The molecule has 0 atom stereocenters. The van der Waals surface area contributed by atoms with Crippen molar-refractivity contribution in [1.82, 2.24) is 0 Å². The molecule has 14 heavy (non-hydrogen) atoms. The quantitative estimate of drug-likeness (QED) is 0.667. The Kier molecular flexibility index (Phi) is 3.53. The van der Waals surface area contributed by atoms with Crippen LogP contribution in [0, 0.1) is 6.92 Å². The van der Waals surface area contributed by atoms with E-state index in [1.54, 1.807) is 0 Å². The lowest BCUT2D eigenvalue weighted by Gasteiger charge is -2.23. The summed E-state index contributed by atoms with van der Waals surface area (Å²) in [5, 5.41) is 0. The van der Waals surface area contributed by atoms with Gasteiger partial charge in [0.1, 0.15) is 18.9 Å². The summed E-state index contributed by atoms with van der Waals surface area (Å²) in [6.45, 7) is 3.87. The first-order chi connectivity index (χ1) is 6.47. The van der Waals surface area contributed by atoms with Gasteiger partial charge in [0, 0.05) is 0 Å².